The number of anilines is 1. The molecule has 5 rings (SSSR count). The SMILES string of the molecule is Cc1cccc(C)c1NC(=O)C1N(CCCCO)C(=O)[C@@H]2[C@H](C(=O)NCc3ccccc3)[C@H]3SC12CC3Br. The molecule has 7 nitrogen and oxygen atoms in total. The molecule has 3 fully saturated rings. The van der Waals surface area contributed by atoms with Crippen molar-refractivity contribution in [2.24, 2.45) is 11.8 Å². The van der Waals surface area contributed by atoms with Crippen molar-refractivity contribution in [1.29, 1.82) is 0 Å². The number of para-hydroxylation sites is 1. The highest BCUT2D eigenvalue weighted by Gasteiger charge is 2.75. The summed E-state index contributed by atoms with van der Waals surface area (Å²) in [5, 5.41) is 15.5. The number of carbonyl (C=O) groups excluding carboxylic acids is 3. The minimum atomic E-state index is -0.695. The first-order valence-corrected chi connectivity index (χ1v) is 15.0. The van der Waals surface area contributed by atoms with Gasteiger partial charge in [-0.25, -0.2) is 0 Å². The summed E-state index contributed by atoms with van der Waals surface area (Å²) in [5.74, 6) is -1.56. The van der Waals surface area contributed by atoms with Crippen LogP contribution in [-0.4, -0.2) is 61.7 Å². The van der Waals surface area contributed by atoms with Gasteiger partial charge in [-0.3, -0.25) is 14.4 Å². The second kappa shape index (κ2) is 11.0. The average Bonchev–Trinajstić information content (AvgIpc) is 3.49. The average molecular weight is 601 g/mol. The summed E-state index contributed by atoms with van der Waals surface area (Å²) in [5.41, 5.74) is 3.69. The number of alkyl halides is 1. The largest absolute Gasteiger partial charge is 0.396 e. The fourth-order valence-electron chi connectivity index (χ4n) is 6.47. The van der Waals surface area contributed by atoms with Crippen LogP contribution >= 0.6 is 27.7 Å². The van der Waals surface area contributed by atoms with E-state index >= 15 is 0 Å². The zero-order valence-corrected chi connectivity index (χ0v) is 24.1. The molecule has 3 N–H and O–H groups in total. The summed E-state index contributed by atoms with van der Waals surface area (Å²) < 4.78 is -0.690. The van der Waals surface area contributed by atoms with Crippen LogP contribution in [0.1, 0.15) is 36.0 Å². The Kier molecular flexibility index (Phi) is 7.89. The number of hydrogen-bond donors (Lipinski definition) is 3. The van der Waals surface area contributed by atoms with Crippen LogP contribution in [0.15, 0.2) is 48.5 Å². The fraction of sp³-hybridized carbons (Fsp3) is 0.483. The molecular formula is C29H34BrN3O4S. The molecule has 202 valence electrons. The number of aryl methyl sites for hydroxylation is 2. The van der Waals surface area contributed by atoms with Gasteiger partial charge in [-0.2, -0.15) is 0 Å². The highest BCUT2D eigenvalue weighted by atomic mass is 79.9. The maximum absolute atomic E-state index is 14.0. The van der Waals surface area contributed by atoms with Crippen molar-refractivity contribution in [3.63, 3.8) is 0 Å². The van der Waals surface area contributed by atoms with Crippen LogP contribution in [0, 0.1) is 25.7 Å². The molecule has 0 aromatic heterocycles. The van der Waals surface area contributed by atoms with Gasteiger partial charge in [0.15, 0.2) is 0 Å². The van der Waals surface area contributed by atoms with Gasteiger partial charge in [-0.15, -0.1) is 11.8 Å². The van der Waals surface area contributed by atoms with E-state index in [-0.39, 0.29) is 34.4 Å². The lowest BCUT2D eigenvalue weighted by atomic mass is 9.70. The molecular weight excluding hydrogens is 566 g/mol. The molecule has 1 spiro atoms. The normalized spacial score (nSPS) is 29.4. The van der Waals surface area contributed by atoms with Gasteiger partial charge in [0.1, 0.15) is 6.04 Å². The Bertz CT molecular complexity index is 1210. The van der Waals surface area contributed by atoms with Gasteiger partial charge in [-0.1, -0.05) is 64.5 Å². The van der Waals surface area contributed by atoms with Crippen molar-refractivity contribution in [2.75, 3.05) is 18.5 Å². The number of nitrogens with one attached hydrogen (secondary N) is 2. The fourth-order valence-corrected chi connectivity index (χ4v) is 10.1. The van der Waals surface area contributed by atoms with Gasteiger partial charge in [0.25, 0.3) is 0 Å². The Labute approximate surface area is 236 Å². The van der Waals surface area contributed by atoms with Gasteiger partial charge >= 0.3 is 0 Å². The third kappa shape index (κ3) is 4.67. The van der Waals surface area contributed by atoms with Crippen LogP contribution in [-0.2, 0) is 20.9 Å². The lowest BCUT2D eigenvalue weighted by Gasteiger charge is -2.35. The topological polar surface area (TPSA) is 98.7 Å². The molecule has 3 aliphatic rings. The Hall–Kier alpha value is -2.36. The van der Waals surface area contributed by atoms with E-state index in [0.29, 0.717) is 32.4 Å². The van der Waals surface area contributed by atoms with Crippen molar-refractivity contribution in [2.45, 2.75) is 60.5 Å². The Morgan fingerprint density at radius 2 is 1.79 bits per heavy atom. The number of nitrogens with zero attached hydrogens (tertiary/aromatic N) is 1. The van der Waals surface area contributed by atoms with Crippen molar-refractivity contribution in [3.05, 3.63) is 65.2 Å². The summed E-state index contributed by atoms with van der Waals surface area (Å²) in [4.78, 5) is 43.4. The van der Waals surface area contributed by atoms with E-state index in [1.54, 1.807) is 16.7 Å². The number of amides is 3. The smallest absolute Gasteiger partial charge is 0.248 e. The Balaban J connectivity index is 1.46. The van der Waals surface area contributed by atoms with Gasteiger partial charge in [0.05, 0.1) is 16.6 Å². The highest BCUT2D eigenvalue weighted by Crippen LogP contribution is 2.67. The first-order chi connectivity index (χ1) is 18.3. The Morgan fingerprint density at radius 3 is 2.47 bits per heavy atom. The molecule has 3 amide bonds. The number of aliphatic hydroxyl groups excluding tert-OH is 1. The van der Waals surface area contributed by atoms with Crippen molar-refractivity contribution in [1.82, 2.24) is 10.2 Å². The molecule has 9 heteroatoms. The summed E-state index contributed by atoms with van der Waals surface area (Å²) in [7, 11) is 0. The van der Waals surface area contributed by atoms with Crippen LogP contribution < -0.4 is 10.6 Å². The zero-order chi connectivity index (χ0) is 27.0. The first kappa shape index (κ1) is 27.2. The summed E-state index contributed by atoms with van der Waals surface area (Å²) in [6.07, 6.45) is 1.78. The number of carbonyl (C=O) groups is 3. The van der Waals surface area contributed by atoms with Crippen LogP contribution in [0.2, 0.25) is 0 Å². The van der Waals surface area contributed by atoms with E-state index < -0.39 is 22.6 Å². The molecule has 3 saturated heterocycles. The predicted octanol–water partition coefficient (Wildman–Crippen LogP) is 3.80. The molecule has 3 aliphatic heterocycles. The maximum atomic E-state index is 14.0. The third-order valence-corrected chi connectivity index (χ3v) is 11.4. The van der Waals surface area contributed by atoms with Gasteiger partial charge in [0.2, 0.25) is 17.7 Å². The molecule has 2 aromatic carbocycles. The van der Waals surface area contributed by atoms with E-state index in [4.69, 9.17) is 0 Å². The molecule has 2 bridgehead atoms. The predicted molar refractivity (Wildman–Crippen MR) is 153 cm³/mol. The number of benzene rings is 2. The van der Waals surface area contributed by atoms with Gasteiger partial charge in [0, 0.05) is 35.5 Å². The summed E-state index contributed by atoms with van der Waals surface area (Å²) in [6, 6.07) is 14.9. The van der Waals surface area contributed by atoms with E-state index in [1.165, 1.54) is 0 Å². The Morgan fingerprint density at radius 1 is 1.08 bits per heavy atom. The monoisotopic (exact) mass is 599 g/mol. The van der Waals surface area contributed by atoms with Crippen LogP contribution in [0.3, 0.4) is 0 Å². The van der Waals surface area contributed by atoms with Crippen molar-refractivity contribution < 1.29 is 19.5 Å². The maximum Gasteiger partial charge on any atom is 0.248 e. The third-order valence-electron chi connectivity index (χ3n) is 8.19. The zero-order valence-electron chi connectivity index (χ0n) is 21.7. The first-order valence-electron chi connectivity index (χ1n) is 13.2. The molecule has 0 radical (unpaired) electrons. The van der Waals surface area contributed by atoms with E-state index in [0.717, 1.165) is 22.4 Å². The molecule has 3 unspecified atom stereocenters. The van der Waals surface area contributed by atoms with Crippen molar-refractivity contribution >= 4 is 51.1 Å². The number of rotatable bonds is 9. The molecule has 2 aromatic rings. The quantitative estimate of drug-likeness (QED) is 0.301. The summed E-state index contributed by atoms with van der Waals surface area (Å²) in [6.45, 7) is 4.71. The van der Waals surface area contributed by atoms with Gasteiger partial charge in [-0.05, 0) is 49.8 Å². The molecule has 0 saturated carbocycles. The van der Waals surface area contributed by atoms with Crippen LogP contribution in [0.25, 0.3) is 0 Å². The minimum Gasteiger partial charge on any atom is -0.396 e. The minimum absolute atomic E-state index is 0.0249. The molecule has 3 heterocycles. The van der Waals surface area contributed by atoms with E-state index in [1.807, 2.05) is 62.4 Å². The number of aliphatic hydroxyl groups is 1. The van der Waals surface area contributed by atoms with Crippen LogP contribution in [0.5, 0.6) is 0 Å². The second-order valence-electron chi connectivity index (χ2n) is 10.6. The standard InChI is InChI=1S/C29H34BrN3O4S/c1-17-9-8-10-18(2)23(17)32-27(36)25-29-15-20(30)24(38-29)21(22(29)28(37)33(25)13-6-7-14-34)26(35)31-16-19-11-4-3-5-12-19/h3-5,8-12,20-22,24-25,34H,6-7,13-16H2,1-2H3,(H,31,35)(H,32,36)/t20?,21-,22-,24-,25?,29?/m0/s1. The second-order valence-corrected chi connectivity index (χ2v) is 13.3. The number of fused-ring (bicyclic) bond motifs is 1. The van der Waals surface area contributed by atoms with Crippen molar-refractivity contribution in [3.8, 4) is 0 Å². The number of likely N-dealkylation sites (tertiary alicyclic amines) is 1. The van der Waals surface area contributed by atoms with E-state index in [9.17, 15) is 19.5 Å². The highest BCUT2D eigenvalue weighted by molar-refractivity contribution is 9.09. The molecule has 38 heavy (non-hydrogen) atoms. The number of thioether (sulfide) groups is 1. The summed E-state index contributed by atoms with van der Waals surface area (Å²) >= 11 is 5.44. The molecule has 6 atom stereocenters. The molecule has 0 aliphatic carbocycles. The van der Waals surface area contributed by atoms with E-state index in [2.05, 4.69) is 26.6 Å². The number of halogens is 1. The number of hydrogen-bond acceptors (Lipinski definition) is 5. The van der Waals surface area contributed by atoms with Crippen LogP contribution in [0.4, 0.5) is 5.69 Å². The lowest BCUT2D eigenvalue weighted by molar-refractivity contribution is -0.139. The van der Waals surface area contributed by atoms with Gasteiger partial charge < -0.3 is 20.6 Å². The lowest BCUT2D eigenvalue weighted by Crippen LogP contribution is -2.53. The number of unbranched alkanes of at least 4 members (excludes halogenated alkanes) is 1.